The number of benzene rings is 1. The molecule has 0 bridgehead atoms. The maximum atomic E-state index is 12.1. The standard InChI is InChI=1S/C19H24N2O3/c1-3-11-20-18(23)10-13-21-12-9-17(22)19(15(21)2)24-14-16-7-5-4-6-8-16/h4-9,12H,3,10-11,13-14H2,1-2H3,(H,20,23). The third-order valence-corrected chi connectivity index (χ3v) is 3.77. The van der Waals surface area contributed by atoms with Crippen LogP contribution in [-0.2, 0) is 17.9 Å². The highest BCUT2D eigenvalue weighted by Gasteiger charge is 2.10. The molecular formula is C19H24N2O3. The van der Waals surface area contributed by atoms with Crippen LogP contribution < -0.4 is 15.5 Å². The minimum atomic E-state index is -0.143. The van der Waals surface area contributed by atoms with Gasteiger partial charge in [0.05, 0.1) is 5.69 Å². The molecule has 0 fully saturated rings. The SMILES string of the molecule is CCCNC(=O)CCn1ccc(=O)c(OCc2ccccc2)c1C. The van der Waals surface area contributed by atoms with Crippen molar-refractivity contribution in [2.24, 2.45) is 0 Å². The van der Waals surface area contributed by atoms with Gasteiger partial charge in [0.25, 0.3) is 0 Å². The second-order valence-electron chi connectivity index (χ2n) is 5.66. The average Bonchev–Trinajstić information content (AvgIpc) is 2.60. The van der Waals surface area contributed by atoms with Gasteiger partial charge in [0.2, 0.25) is 11.3 Å². The van der Waals surface area contributed by atoms with Gasteiger partial charge in [-0.2, -0.15) is 0 Å². The summed E-state index contributed by atoms with van der Waals surface area (Å²) in [5.41, 5.74) is 1.60. The van der Waals surface area contributed by atoms with E-state index in [0.717, 1.165) is 17.7 Å². The van der Waals surface area contributed by atoms with Crippen LogP contribution in [0.2, 0.25) is 0 Å². The molecule has 1 aromatic heterocycles. The summed E-state index contributed by atoms with van der Waals surface area (Å²) in [6.45, 7) is 5.41. The van der Waals surface area contributed by atoms with E-state index in [0.29, 0.717) is 31.9 Å². The van der Waals surface area contributed by atoms with Gasteiger partial charge < -0.3 is 14.6 Å². The molecule has 5 nitrogen and oxygen atoms in total. The number of carbonyl (C=O) groups is 1. The van der Waals surface area contributed by atoms with Crippen LogP contribution in [0.15, 0.2) is 47.4 Å². The van der Waals surface area contributed by atoms with E-state index in [-0.39, 0.29) is 11.3 Å². The Morgan fingerprint density at radius 3 is 2.67 bits per heavy atom. The summed E-state index contributed by atoms with van der Waals surface area (Å²) >= 11 is 0. The summed E-state index contributed by atoms with van der Waals surface area (Å²) in [4.78, 5) is 23.8. The van der Waals surface area contributed by atoms with E-state index in [1.54, 1.807) is 6.20 Å². The zero-order valence-electron chi connectivity index (χ0n) is 14.2. The molecular weight excluding hydrogens is 304 g/mol. The van der Waals surface area contributed by atoms with Gasteiger partial charge in [-0.15, -0.1) is 0 Å². The Labute approximate surface area is 142 Å². The molecule has 0 spiro atoms. The van der Waals surface area contributed by atoms with Crippen molar-refractivity contribution in [1.82, 2.24) is 9.88 Å². The van der Waals surface area contributed by atoms with Gasteiger partial charge in [-0.05, 0) is 18.9 Å². The molecule has 24 heavy (non-hydrogen) atoms. The van der Waals surface area contributed by atoms with Gasteiger partial charge in [0.15, 0.2) is 5.75 Å². The number of rotatable bonds is 8. The topological polar surface area (TPSA) is 60.3 Å². The van der Waals surface area contributed by atoms with Crippen LogP contribution in [0.4, 0.5) is 0 Å². The van der Waals surface area contributed by atoms with E-state index in [1.165, 1.54) is 6.07 Å². The number of amides is 1. The number of hydrogen-bond acceptors (Lipinski definition) is 3. The second-order valence-corrected chi connectivity index (χ2v) is 5.66. The van der Waals surface area contributed by atoms with Gasteiger partial charge in [-0.25, -0.2) is 0 Å². The van der Waals surface area contributed by atoms with Crippen molar-refractivity contribution in [2.75, 3.05) is 6.54 Å². The van der Waals surface area contributed by atoms with Gasteiger partial charge >= 0.3 is 0 Å². The van der Waals surface area contributed by atoms with E-state index >= 15 is 0 Å². The van der Waals surface area contributed by atoms with Gasteiger partial charge in [0, 0.05) is 31.8 Å². The summed E-state index contributed by atoms with van der Waals surface area (Å²) in [5.74, 6) is 0.358. The monoisotopic (exact) mass is 328 g/mol. The Morgan fingerprint density at radius 2 is 1.96 bits per heavy atom. The first-order valence-corrected chi connectivity index (χ1v) is 8.25. The molecule has 2 aromatic rings. The predicted octanol–water partition coefficient (Wildman–Crippen LogP) is 2.65. The van der Waals surface area contributed by atoms with Crippen LogP contribution in [0, 0.1) is 6.92 Å². The Bertz CT molecular complexity index is 723. The lowest BCUT2D eigenvalue weighted by molar-refractivity contribution is -0.121. The Kier molecular flexibility index (Phi) is 6.61. The molecule has 1 N–H and O–H groups in total. The van der Waals surface area contributed by atoms with Crippen molar-refractivity contribution in [3.8, 4) is 5.75 Å². The first-order valence-electron chi connectivity index (χ1n) is 8.25. The molecule has 0 aliphatic carbocycles. The maximum Gasteiger partial charge on any atom is 0.223 e. The quantitative estimate of drug-likeness (QED) is 0.810. The molecule has 1 heterocycles. The first kappa shape index (κ1) is 17.8. The fourth-order valence-electron chi connectivity index (χ4n) is 2.38. The van der Waals surface area contributed by atoms with Crippen LogP contribution in [-0.4, -0.2) is 17.0 Å². The smallest absolute Gasteiger partial charge is 0.223 e. The van der Waals surface area contributed by atoms with Gasteiger partial charge in [0.1, 0.15) is 6.61 Å². The number of ether oxygens (including phenoxy) is 1. The van der Waals surface area contributed by atoms with Crippen molar-refractivity contribution in [1.29, 1.82) is 0 Å². The van der Waals surface area contributed by atoms with E-state index in [1.807, 2.05) is 48.7 Å². The molecule has 1 aromatic carbocycles. The van der Waals surface area contributed by atoms with Gasteiger partial charge in [-0.1, -0.05) is 37.3 Å². The highest BCUT2D eigenvalue weighted by atomic mass is 16.5. The molecule has 0 aliphatic rings. The Balaban J connectivity index is 2.04. The lowest BCUT2D eigenvalue weighted by Gasteiger charge is -2.15. The fourth-order valence-corrected chi connectivity index (χ4v) is 2.38. The number of aromatic nitrogens is 1. The second kappa shape index (κ2) is 8.91. The number of aryl methyl sites for hydroxylation is 1. The van der Waals surface area contributed by atoms with E-state index in [9.17, 15) is 9.59 Å². The lowest BCUT2D eigenvalue weighted by atomic mass is 10.2. The molecule has 1 amide bonds. The normalized spacial score (nSPS) is 10.4. The van der Waals surface area contributed by atoms with Crippen molar-refractivity contribution >= 4 is 5.91 Å². The summed E-state index contributed by atoms with van der Waals surface area (Å²) in [7, 11) is 0. The van der Waals surface area contributed by atoms with Crippen LogP contribution in [0.3, 0.4) is 0 Å². The third-order valence-electron chi connectivity index (χ3n) is 3.77. The van der Waals surface area contributed by atoms with Gasteiger partial charge in [-0.3, -0.25) is 9.59 Å². The zero-order valence-corrected chi connectivity index (χ0v) is 14.2. The van der Waals surface area contributed by atoms with Crippen molar-refractivity contribution in [2.45, 2.75) is 39.8 Å². The molecule has 2 rings (SSSR count). The van der Waals surface area contributed by atoms with Crippen molar-refractivity contribution in [3.05, 3.63) is 64.1 Å². The largest absolute Gasteiger partial charge is 0.483 e. The zero-order chi connectivity index (χ0) is 17.4. The molecule has 128 valence electrons. The number of pyridine rings is 1. The third kappa shape index (κ3) is 4.98. The Hall–Kier alpha value is -2.56. The average molecular weight is 328 g/mol. The number of hydrogen-bond donors (Lipinski definition) is 1. The number of nitrogens with zero attached hydrogens (tertiary/aromatic N) is 1. The highest BCUT2D eigenvalue weighted by molar-refractivity contribution is 5.75. The summed E-state index contributed by atoms with van der Waals surface area (Å²) in [5, 5.41) is 2.85. The van der Waals surface area contributed by atoms with Crippen LogP contribution in [0.1, 0.15) is 31.0 Å². The minimum Gasteiger partial charge on any atom is -0.483 e. The van der Waals surface area contributed by atoms with Crippen LogP contribution in [0.25, 0.3) is 0 Å². The number of carbonyl (C=O) groups excluding carboxylic acids is 1. The number of nitrogens with one attached hydrogen (secondary N) is 1. The van der Waals surface area contributed by atoms with E-state index in [4.69, 9.17) is 4.74 Å². The van der Waals surface area contributed by atoms with Crippen molar-refractivity contribution < 1.29 is 9.53 Å². The molecule has 0 radical (unpaired) electrons. The summed E-state index contributed by atoms with van der Waals surface area (Å²) < 4.78 is 7.61. The first-order chi connectivity index (χ1) is 11.6. The molecule has 0 unspecified atom stereocenters. The lowest BCUT2D eigenvalue weighted by Crippen LogP contribution is -2.25. The maximum absolute atomic E-state index is 12.1. The predicted molar refractivity (Wildman–Crippen MR) is 94.1 cm³/mol. The molecule has 0 saturated heterocycles. The summed E-state index contributed by atoms with van der Waals surface area (Å²) in [6, 6.07) is 11.2. The van der Waals surface area contributed by atoms with Crippen molar-refractivity contribution in [3.63, 3.8) is 0 Å². The van der Waals surface area contributed by atoms with Crippen LogP contribution >= 0.6 is 0 Å². The molecule has 0 saturated carbocycles. The highest BCUT2D eigenvalue weighted by Crippen LogP contribution is 2.14. The minimum absolute atomic E-state index is 0.0155. The molecule has 0 atom stereocenters. The van der Waals surface area contributed by atoms with E-state index in [2.05, 4.69) is 5.32 Å². The Morgan fingerprint density at radius 1 is 1.21 bits per heavy atom. The molecule has 0 aliphatic heterocycles. The van der Waals surface area contributed by atoms with E-state index < -0.39 is 0 Å². The summed E-state index contributed by atoms with van der Waals surface area (Å²) in [6.07, 6.45) is 3.00. The fraction of sp³-hybridized carbons (Fsp3) is 0.368. The van der Waals surface area contributed by atoms with Crippen LogP contribution in [0.5, 0.6) is 5.75 Å². The molecule has 5 heteroatoms.